The molecule has 0 spiro atoms. The molecule has 0 bridgehead atoms. The molecule has 3 nitrogen and oxygen atoms in total. The Bertz CT molecular complexity index is 251. The first-order valence-electron chi connectivity index (χ1n) is 4.81. The predicted molar refractivity (Wildman–Crippen MR) is 56.0 cm³/mol. The molecule has 0 radical (unpaired) electrons. The largest absolute Gasteiger partial charge is 0.394 e. The molecule has 78 valence electrons. The molecule has 14 heavy (non-hydrogen) atoms. The van der Waals surface area contributed by atoms with Crippen molar-refractivity contribution in [3.63, 3.8) is 0 Å². The molecule has 3 heteroatoms. The molecule has 3 N–H and O–H groups in total. The Morgan fingerprint density at radius 3 is 2.50 bits per heavy atom. The smallest absolute Gasteiger partial charge is 0.0895 e. The standard InChI is InChI=1S/C11H17NO2/c1-9(12-7-11(14)8-13)10-5-3-2-4-6-10/h2-6,9,11-14H,7-8H2,1H3/t9-,11+/m1/s1. The van der Waals surface area contributed by atoms with Crippen molar-refractivity contribution in [2.75, 3.05) is 13.2 Å². The second kappa shape index (κ2) is 5.75. The van der Waals surface area contributed by atoms with Crippen molar-refractivity contribution in [1.82, 2.24) is 5.32 Å². The Morgan fingerprint density at radius 2 is 1.93 bits per heavy atom. The zero-order valence-corrected chi connectivity index (χ0v) is 8.35. The fraction of sp³-hybridized carbons (Fsp3) is 0.455. The monoisotopic (exact) mass is 195 g/mol. The number of nitrogens with one attached hydrogen (secondary N) is 1. The first-order valence-corrected chi connectivity index (χ1v) is 4.81. The van der Waals surface area contributed by atoms with Crippen LogP contribution in [0.1, 0.15) is 18.5 Å². The van der Waals surface area contributed by atoms with E-state index in [1.165, 1.54) is 5.56 Å². The Balaban J connectivity index is 2.39. The Morgan fingerprint density at radius 1 is 1.29 bits per heavy atom. The quantitative estimate of drug-likeness (QED) is 0.648. The third-order valence-electron chi connectivity index (χ3n) is 2.17. The number of benzene rings is 1. The van der Waals surface area contributed by atoms with Gasteiger partial charge in [0, 0.05) is 12.6 Å². The second-order valence-electron chi connectivity index (χ2n) is 3.38. The molecule has 0 amide bonds. The fourth-order valence-electron chi connectivity index (χ4n) is 1.24. The normalized spacial score (nSPS) is 15.1. The molecule has 2 atom stereocenters. The first-order chi connectivity index (χ1) is 6.74. The lowest BCUT2D eigenvalue weighted by Crippen LogP contribution is -2.31. The maximum atomic E-state index is 9.14. The van der Waals surface area contributed by atoms with Crippen LogP contribution < -0.4 is 5.32 Å². The van der Waals surface area contributed by atoms with Crippen LogP contribution in [0.5, 0.6) is 0 Å². The lowest BCUT2D eigenvalue weighted by atomic mass is 10.1. The molecule has 0 aromatic heterocycles. The number of hydrogen-bond donors (Lipinski definition) is 3. The molecule has 0 aliphatic carbocycles. The zero-order valence-electron chi connectivity index (χ0n) is 8.35. The van der Waals surface area contributed by atoms with Gasteiger partial charge in [0.1, 0.15) is 0 Å². The van der Waals surface area contributed by atoms with E-state index in [4.69, 9.17) is 10.2 Å². The van der Waals surface area contributed by atoms with Crippen LogP contribution in [-0.2, 0) is 0 Å². The van der Waals surface area contributed by atoms with E-state index in [1.807, 2.05) is 37.3 Å². The van der Waals surface area contributed by atoms with Gasteiger partial charge in [-0.2, -0.15) is 0 Å². The van der Waals surface area contributed by atoms with E-state index in [0.717, 1.165) is 0 Å². The third-order valence-corrected chi connectivity index (χ3v) is 2.17. The van der Waals surface area contributed by atoms with E-state index in [9.17, 15) is 0 Å². The van der Waals surface area contributed by atoms with Gasteiger partial charge in [0.15, 0.2) is 0 Å². The van der Waals surface area contributed by atoms with Gasteiger partial charge in [-0.1, -0.05) is 30.3 Å². The number of rotatable bonds is 5. The molecule has 0 saturated carbocycles. The van der Waals surface area contributed by atoms with Crippen LogP contribution >= 0.6 is 0 Å². The van der Waals surface area contributed by atoms with Gasteiger partial charge in [0.25, 0.3) is 0 Å². The summed E-state index contributed by atoms with van der Waals surface area (Å²) in [4.78, 5) is 0. The number of hydrogen-bond acceptors (Lipinski definition) is 3. The van der Waals surface area contributed by atoms with Crippen molar-refractivity contribution >= 4 is 0 Å². The van der Waals surface area contributed by atoms with Crippen molar-refractivity contribution in [2.24, 2.45) is 0 Å². The molecule has 0 fully saturated rings. The fourth-order valence-corrected chi connectivity index (χ4v) is 1.24. The Kier molecular flexibility index (Phi) is 4.59. The van der Waals surface area contributed by atoms with E-state index < -0.39 is 6.10 Å². The summed E-state index contributed by atoms with van der Waals surface area (Å²) in [6.07, 6.45) is -0.679. The maximum Gasteiger partial charge on any atom is 0.0895 e. The van der Waals surface area contributed by atoms with Crippen LogP contribution in [-0.4, -0.2) is 29.5 Å². The van der Waals surface area contributed by atoms with Gasteiger partial charge >= 0.3 is 0 Å². The highest BCUT2D eigenvalue weighted by Crippen LogP contribution is 2.10. The summed E-state index contributed by atoms with van der Waals surface area (Å²) in [5.74, 6) is 0. The summed E-state index contributed by atoms with van der Waals surface area (Å²) >= 11 is 0. The lowest BCUT2D eigenvalue weighted by molar-refractivity contribution is 0.0924. The predicted octanol–water partition coefficient (Wildman–Crippen LogP) is 0.690. The van der Waals surface area contributed by atoms with E-state index in [1.54, 1.807) is 0 Å². The van der Waals surface area contributed by atoms with Crippen LogP contribution in [0.2, 0.25) is 0 Å². The summed E-state index contributed by atoms with van der Waals surface area (Å²) in [6.45, 7) is 2.24. The number of aliphatic hydroxyl groups is 2. The van der Waals surface area contributed by atoms with Gasteiger partial charge in [0.05, 0.1) is 12.7 Å². The summed E-state index contributed by atoms with van der Waals surface area (Å²) < 4.78 is 0. The van der Waals surface area contributed by atoms with E-state index in [2.05, 4.69) is 5.32 Å². The van der Waals surface area contributed by atoms with E-state index >= 15 is 0 Å². The molecule has 0 unspecified atom stereocenters. The second-order valence-corrected chi connectivity index (χ2v) is 3.38. The highest BCUT2D eigenvalue weighted by atomic mass is 16.3. The van der Waals surface area contributed by atoms with Crippen LogP contribution in [0.3, 0.4) is 0 Å². The van der Waals surface area contributed by atoms with Crippen LogP contribution in [0.15, 0.2) is 30.3 Å². The molecule has 0 aliphatic rings. The van der Waals surface area contributed by atoms with E-state index in [-0.39, 0.29) is 12.6 Å². The van der Waals surface area contributed by atoms with Crippen molar-refractivity contribution in [2.45, 2.75) is 19.1 Å². The van der Waals surface area contributed by atoms with Gasteiger partial charge in [-0.05, 0) is 12.5 Å². The van der Waals surface area contributed by atoms with Gasteiger partial charge in [-0.3, -0.25) is 0 Å². The van der Waals surface area contributed by atoms with E-state index in [0.29, 0.717) is 6.54 Å². The van der Waals surface area contributed by atoms with Crippen molar-refractivity contribution < 1.29 is 10.2 Å². The van der Waals surface area contributed by atoms with Crippen LogP contribution in [0, 0.1) is 0 Å². The first kappa shape index (κ1) is 11.2. The Labute approximate surface area is 84.4 Å². The summed E-state index contributed by atoms with van der Waals surface area (Å²) in [6, 6.07) is 10.2. The van der Waals surface area contributed by atoms with Gasteiger partial charge in [0.2, 0.25) is 0 Å². The van der Waals surface area contributed by atoms with Crippen LogP contribution in [0.25, 0.3) is 0 Å². The minimum Gasteiger partial charge on any atom is -0.394 e. The summed E-state index contributed by atoms with van der Waals surface area (Å²) in [5.41, 5.74) is 1.18. The minimum atomic E-state index is -0.679. The van der Waals surface area contributed by atoms with Crippen molar-refractivity contribution in [3.05, 3.63) is 35.9 Å². The van der Waals surface area contributed by atoms with Crippen LogP contribution in [0.4, 0.5) is 0 Å². The van der Waals surface area contributed by atoms with Gasteiger partial charge in [-0.15, -0.1) is 0 Å². The third kappa shape index (κ3) is 3.46. The molecule has 1 aromatic rings. The van der Waals surface area contributed by atoms with Gasteiger partial charge < -0.3 is 15.5 Å². The summed E-state index contributed by atoms with van der Waals surface area (Å²) in [5, 5.41) is 20.9. The Hall–Kier alpha value is -0.900. The molecule has 0 saturated heterocycles. The average Bonchev–Trinajstić information content (AvgIpc) is 2.26. The topological polar surface area (TPSA) is 52.5 Å². The van der Waals surface area contributed by atoms with Crippen molar-refractivity contribution in [3.8, 4) is 0 Å². The number of aliphatic hydroxyl groups excluding tert-OH is 2. The maximum absolute atomic E-state index is 9.14. The molecular formula is C11H17NO2. The SMILES string of the molecule is C[C@@H](NC[C@H](O)CO)c1ccccc1. The molecule has 0 aliphatic heterocycles. The minimum absolute atomic E-state index is 0.192. The lowest BCUT2D eigenvalue weighted by Gasteiger charge is -2.16. The summed E-state index contributed by atoms with van der Waals surface area (Å²) in [7, 11) is 0. The molecule has 1 rings (SSSR count). The molecule has 1 aromatic carbocycles. The zero-order chi connectivity index (χ0) is 10.4. The average molecular weight is 195 g/mol. The molecular weight excluding hydrogens is 178 g/mol. The highest BCUT2D eigenvalue weighted by molar-refractivity contribution is 5.17. The van der Waals surface area contributed by atoms with Gasteiger partial charge in [-0.25, -0.2) is 0 Å². The van der Waals surface area contributed by atoms with Crippen molar-refractivity contribution in [1.29, 1.82) is 0 Å². The highest BCUT2D eigenvalue weighted by Gasteiger charge is 2.06. The molecule has 0 heterocycles.